The topological polar surface area (TPSA) is 58.6 Å². The average Bonchev–Trinajstić information content (AvgIpc) is 3.08. The minimum absolute atomic E-state index is 0.0165. The fourth-order valence-corrected chi connectivity index (χ4v) is 2.88. The summed E-state index contributed by atoms with van der Waals surface area (Å²) in [6, 6.07) is 10.8. The molecule has 0 unspecified atom stereocenters. The fraction of sp³-hybridized carbons (Fsp3) is 0.294. The zero-order chi connectivity index (χ0) is 16.7. The Labute approximate surface area is 139 Å². The lowest BCUT2D eigenvalue weighted by Crippen LogP contribution is -2.38. The lowest BCUT2D eigenvalue weighted by Gasteiger charge is -2.21. The number of methoxy groups -OCH3 is 1. The Morgan fingerprint density at radius 1 is 1.22 bits per heavy atom. The molecule has 23 heavy (non-hydrogen) atoms. The lowest BCUT2D eigenvalue weighted by molar-refractivity contribution is -0.116. The summed E-state index contributed by atoms with van der Waals surface area (Å²) in [5.41, 5.74) is 0.597. The number of para-hydroxylation sites is 2. The van der Waals surface area contributed by atoms with E-state index in [1.165, 1.54) is 11.3 Å². The molecular weight excluding hydrogens is 312 g/mol. The van der Waals surface area contributed by atoms with Crippen LogP contribution < -0.4 is 10.1 Å². The predicted octanol–water partition coefficient (Wildman–Crippen LogP) is 3.25. The maximum Gasteiger partial charge on any atom is 0.264 e. The molecule has 0 saturated carbocycles. The standard InChI is InChI=1S/C17H20N2O3S/c1-3-10-19(17(21)15-9-6-11-23-15)12-16(20)18-13-7-4-5-8-14(13)22-2/h4-9,11H,3,10,12H2,1-2H3,(H,18,20). The van der Waals surface area contributed by atoms with Crippen LogP contribution in [0.15, 0.2) is 41.8 Å². The van der Waals surface area contributed by atoms with Crippen LogP contribution in [-0.2, 0) is 4.79 Å². The van der Waals surface area contributed by atoms with E-state index in [0.29, 0.717) is 22.9 Å². The van der Waals surface area contributed by atoms with Gasteiger partial charge in [0.05, 0.1) is 17.7 Å². The van der Waals surface area contributed by atoms with Gasteiger partial charge in [0, 0.05) is 6.54 Å². The van der Waals surface area contributed by atoms with Gasteiger partial charge in [0.1, 0.15) is 12.3 Å². The van der Waals surface area contributed by atoms with Crippen LogP contribution in [0, 0.1) is 0 Å². The van der Waals surface area contributed by atoms with Gasteiger partial charge in [-0.3, -0.25) is 9.59 Å². The Kier molecular flexibility index (Phi) is 6.17. The first-order chi connectivity index (χ1) is 11.2. The highest BCUT2D eigenvalue weighted by molar-refractivity contribution is 7.12. The van der Waals surface area contributed by atoms with Gasteiger partial charge in [-0.05, 0) is 30.0 Å². The van der Waals surface area contributed by atoms with Gasteiger partial charge in [-0.15, -0.1) is 11.3 Å². The summed E-state index contributed by atoms with van der Waals surface area (Å²) in [4.78, 5) is 26.9. The van der Waals surface area contributed by atoms with E-state index in [1.54, 1.807) is 30.2 Å². The minimum Gasteiger partial charge on any atom is -0.495 e. The number of thiophene rings is 1. The maximum absolute atomic E-state index is 12.4. The molecule has 0 bridgehead atoms. The third-order valence-corrected chi connectivity index (χ3v) is 4.09. The monoisotopic (exact) mass is 332 g/mol. The number of ether oxygens (including phenoxy) is 1. The van der Waals surface area contributed by atoms with Gasteiger partial charge in [0.15, 0.2) is 0 Å². The van der Waals surface area contributed by atoms with Gasteiger partial charge in [-0.1, -0.05) is 25.1 Å². The third-order valence-electron chi connectivity index (χ3n) is 3.23. The van der Waals surface area contributed by atoms with E-state index >= 15 is 0 Å². The molecule has 0 aliphatic rings. The quantitative estimate of drug-likeness (QED) is 0.847. The van der Waals surface area contributed by atoms with Crippen molar-refractivity contribution >= 4 is 28.8 Å². The molecule has 2 rings (SSSR count). The normalized spacial score (nSPS) is 10.2. The molecule has 0 spiro atoms. The second-order valence-electron chi connectivity index (χ2n) is 4.95. The van der Waals surface area contributed by atoms with Gasteiger partial charge in [0.2, 0.25) is 5.91 Å². The van der Waals surface area contributed by atoms with Crippen molar-refractivity contribution in [1.29, 1.82) is 0 Å². The van der Waals surface area contributed by atoms with Crippen molar-refractivity contribution in [3.63, 3.8) is 0 Å². The Hall–Kier alpha value is -2.34. The van der Waals surface area contributed by atoms with Crippen LogP contribution in [0.4, 0.5) is 5.69 Å². The van der Waals surface area contributed by atoms with Crippen molar-refractivity contribution in [1.82, 2.24) is 4.90 Å². The molecule has 2 amide bonds. The van der Waals surface area contributed by atoms with Crippen molar-refractivity contribution in [2.75, 3.05) is 25.5 Å². The molecule has 5 nitrogen and oxygen atoms in total. The van der Waals surface area contributed by atoms with Crippen LogP contribution in [0.25, 0.3) is 0 Å². The molecule has 6 heteroatoms. The Balaban J connectivity index is 2.04. The van der Waals surface area contributed by atoms with E-state index in [2.05, 4.69) is 5.32 Å². The van der Waals surface area contributed by atoms with E-state index < -0.39 is 0 Å². The molecule has 0 aliphatic heterocycles. The smallest absolute Gasteiger partial charge is 0.264 e. The summed E-state index contributed by atoms with van der Waals surface area (Å²) in [7, 11) is 1.55. The number of anilines is 1. The third kappa shape index (κ3) is 4.56. The molecule has 122 valence electrons. The Morgan fingerprint density at radius 2 is 2.00 bits per heavy atom. The van der Waals surface area contributed by atoms with Crippen LogP contribution in [0.1, 0.15) is 23.0 Å². The number of rotatable bonds is 7. The number of carbonyl (C=O) groups is 2. The highest BCUT2D eigenvalue weighted by Crippen LogP contribution is 2.23. The van der Waals surface area contributed by atoms with Gasteiger partial charge in [-0.2, -0.15) is 0 Å². The lowest BCUT2D eigenvalue weighted by atomic mass is 10.3. The Morgan fingerprint density at radius 3 is 2.65 bits per heavy atom. The highest BCUT2D eigenvalue weighted by atomic mass is 32.1. The van der Waals surface area contributed by atoms with Crippen molar-refractivity contribution in [2.24, 2.45) is 0 Å². The summed E-state index contributed by atoms with van der Waals surface area (Å²) in [5, 5.41) is 4.65. The molecule has 0 fully saturated rings. The van der Waals surface area contributed by atoms with Gasteiger partial charge in [0.25, 0.3) is 5.91 Å². The van der Waals surface area contributed by atoms with E-state index in [0.717, 1.165) is 6.42 Å². The first-order valence-corrected chi connectivity index (χ1v) is 8.29. The molecular formula is C17H20N2O3S. The second-order valence-corrected chi connectivity index (χ2v) is 5.90. The molecule has 0 atom stereocenters. The van der Waals surface area contributed by atoms with E-state index in [9.17, 15) is 9.59 Å². The van der Waals surface area contributed by atoms with E-state index in [4.69, 9.17) is 4.74 Å². The molecule has 0 saturated heterocycles. The zero-order valence-corrected chi connectivity index (χ0v) is 14.1. The number of amides is 2. The molecule has 1 heterocycles. The second kappa shape index (κ2) is 8.33. The summed E-state index contributed by atoms with van der Waals surface area (Å²) < 4.78 is 5.21. The number of hydrogen-bond acceptors (Lipinski definition) is 4. The largest absolute Gasteiger partial charge is 0.495 e. The molecule has 1 aromatic carbocycles. The van der Waals surface area contributed by atoms with Crippen LogP contribution >= 0.6 is 11.3 Å². The molecule has 1 N–H and O–H groups in total. The van der Waals surface area contributed by atoms with Crippen molar-refractivity contribution in [2.45, 2.75) is 13.3 Å². The number of hydrogen-bond donors (Lipinski definition) is 1. The predicted molar refractivity (Wildman–Crippen MR) is 92.1 cm³/mol. The molecule has 0 radical (unpaired) electrons. The fourth-order valence-electron chi connectivity index (χ4n) is 2.19. The van der Waals surface area contributed by atoms with Crippen LogP contribution in [0.5, 0.6) is 5.75 Å². The number of carbonyl (C=O) groups excluding carboxylic acids is 2. The van der Waals surface area contributed by atoms with Gasteiger partial charge >= 0.3 is 0 Å². The van der Waals surface area contributed by atoms with Crippen molar-refractivity contribution < 1.29 is 14.3 Å². The first-order valence-electron chi connectivity index (χ1n) is 7.41. The summed E-state index contributed by atoms with van der Waals surface area (Å²) in [5.74, 6) is 0.234. The van der Waals surface area contributed by atoms with E-state index in [-0.39, 0.29) is 18.4 Å². The van der Waals surface area contributed by atoms with Crippen molar-refractivity contribution in [3.05, 3.63) is 46.7 Å². The van der Waals surface area contributed by atoms with E-state index in [1.807, 2.05) is 30.5 Å². The first kappa shape index (κ1) is 17.0. The minimum atomic E-state index is -0.243. The SMILES string of the molecule is CCCN(CC(=O)Nc1ccccc1OC)C(=O)c1cccs1. The molecule has 2 aromatic rings. The number of nitrogens with one attached hydrogen (secondary N) is 1. The van der Waals surface area contributed by atoms with Gasteiger partial charge in [-0.25, -0.2) is 0 Å². The highest BCUT2D eigenvalue weighted by Gasteiger charge is 2.19. The number of benzene rings is 1. The molecule has 1 aromatic heterocycles. The summed E-state index contributed by atoms with van der Waals surface area (Å²) in [6.07, 6.45) is 0.791. The van der Waals surface area contributed by atoms with Crippen LogP contribution in [0.3, 0.4) is 0 Å². The molecule has 0 aliphatic carbocycles. The maximum atomic E-state index is 12.4. The van der Waals surface area contributed by atoms with Gasteiger partial charge < -0.3 is 15.0 Å². The van der Waals surface area contributed by atoms with Crippen molar-refractivity contribution in [3.8, 4) is 5.75 Å². The zero-order valence-electron chi connectivity index (χ0n) is 13.2. The Bertz CT molecular complexity index is 656. The average molecular weight is 332 g/mol. The van der Waals surface area contributed by atoms with Crippen LogP contribution in [-0.4, -0.2) is 36.9 Å². The summed E-state index contributed by atoms with van der Waals surface area (Å²) in [6.45, 7) is 2.53. The van der Waals surface area contributed by atoms with Crippen LogP contribution in [0.2, 0.25) is 0 Å². The summed E-state index contributed by atoms with van der Waals surface area (Å²) >= 11 is 1.38. The number of nitrogens with zero attached hydrogens (tertiary/aromatic N) is 1.